The largest absolute Gasteiger partial charge is 0.508 e. The van der Waals surface area contributed by atoms with E-state index in [1.54, 1.807) is 12.1 Å². The van der Waals surface area contributed by atoms with Gasteiger partial charge in [-0.2, -0.15) is 0 Å². The maximum absolute atomic E-state index is 11.5. The van der Waals surface area contributed by atoms with Crippen LogP contribution in [0.25, 0.3) is 22.2 Å². The number of hydrogen-bond acceptors (Lipinski definition) is 4. The molecule has 6 rings (SSSR count). The fourth-order valence-electron chi connectivity index (χ4n) is 6.56. The first-order chi connectivity index (χ1) is 14.5. The number of rotatable bonds is 4. The average molecular weight is 421 g/mol. The van der Waals surface area contributed by atoms with Crippen LogP contribution in [0.2, 0.25) is 5.02 Å². The predicted octanol–water partition coefficient (Wildman–Crippen LogP) is 5.17. The SMILES string of the molecule is CCC1C2CCN3C([C@H](O)c4cc(-c5ccc(Cl)cc5)nc5ccc(O)cc45)CC123. The van der Waals surface area contributed by atoms with Crippen molar-refractivity contribution in [2.45, 2.75) is 43.9 Å². The van der Waals surface area contributed by atoms with Crippen LogP contribution in [0.5, 0.6) is 5.75 Å². The Morgan fingerprint density at radius 2 is 2.00 bits per heavy atom. The smallest absolute Gasteiger partial charge is 0.116 e. The molecule has 3 aromatic rings. The average Bonchev–Trinajstić information content (AvgIpc) is 3.31. The molecule has 3 heterocycles. The van der Waals surface area contributed by atoms with Crippen LogP contribution in [-0.2, 0) is 0 Å². The summed E-state index contributed by atoms with van der Waals surface area (Å²) in [6, 6.07) is 14.9. The van der Waals surface area contributed by atoms with E-state index < -0.39 is 6.10 Å². The lowest BCUT2D eigenvalue weighted by atomic mass is 9.82. The van der Waals surface area contributed by atoms with E-state index in [1.807, 2.05) is 36.4 Å². The van der Waals surface area contributed by atoms with Gasteiger partial charge in [-0.25, -0.2) is 4.98 Å². The second-order valence-electron chi connectivity index (χ2n) is 9.12. The molecule has 3 fully saturated rings. The minimum Gasteiger partial charge on any atom is -0.508 e. The van der Waals surface area contributed by atoms with Gasteiger partial charge in [-0.15, -0.1) is 0 Å². The quantitative estimate of drug-likeness (QED) is 0.611. The summed E-state index contributed by atoms with van der Waals surface area (Å²) in [4.78, 5) is 7.36. The molecule has 0 radical (unpaired) electrons. The van der Waals surface area contributed by atoms with Gasteiger partial charge in [0.15, 0.2) is 0 Å². The van der Waals surface area contributed by atoms with Crippen molar-refractivity contribution in [3.05, 3.63) is 59.1 Å². The second kappa shape index (κ2) is 6.43. The van der Waals surface area contributed by atoms with Gasteiger partial charge >= 0.3 is 0 Å². The van der Waals surface area contributed by atoms with Gasteiger partial charge in [0, 0.05) is 27.6 Å². The van der Waals surface area contributed by atoms with Gasteiger partial charge in [0.1, 0.15) is 5.75 Å². The van der Waals surface area contributed by atoms with Crippen LogP contribution in [0.3, 0.4) is 0 Å². The first-order valence-corrected chi connectivity index (χ1v) is 11.2. The zero-order valence-electron chi connectivity index (χ0n) is 16.9. The van der Waals surface area contributed by atoms with Crippen molar-refractivity contribution in [1.29, 1.82) is 0 Å². The molecule has 1 saturated carbocycles. The Morgan fingerprint density at radius 3 is 2.73 bits per heavy atom. The molecular formula is C25H25ClN2O2. The zero-order chi connectivity index (χ0) is 20.6. The summed E-state index contributed by atoms with van der Waals surface area (Å²) in [6.07, 6.45) is 2.95. The molecule has 1 aliphatic carbocycles. The Balaban J connectivity index is 1.42. The van der Waals surface area contributed by atoms with Crippen molar-refractivity contribution in [2.75, 3.05) is 6.54 Å². The molecule has 154 valence electrons. The number of phenols is 1. The van der Waals surface area contributed by atoms with Crippen LogP contribution < -0.4 is 0 Å². The maximum Gasteiger partial charge on any atom is 0.116 e. The lowest BCUT2D eigenvalue weighted by Crippen LogP contribution is -2.59. The summed E-state index contributed by atoms with van der Waals surface area (Å²) in [7, 11) is 0. The van der Waals surface area contributed by atoms with E-state index in [4.69, 9.17) is 16.6 Å². The molecular weight excluding hydrogens is 396 g/mol. The molecule has 0 bridgehead atoms. The van der Waals surface area contributed by atoms with Crippen molar-refractivity contribution in [3.8, 4) is 17.0 Å². The fourth-order valence-corrected chi connectivity index (χ4v) is 6.68. The van der Waals surface area contributed by atoms with Gasteiger partial charge < -0.3 is 10.2 Å². The first-order valence-electron chi connectivity index (χ1n) is 10.9. The molecule has 0 amide bonds. The van der Waals surface area contributed by atoms with Gasteiger partial charge in [0.2, 0.25) is 0 Å². The van der Waals surface area contributed by atoms with Crippen LogP contribution >= 0.6 is 11.6 Å². The molecule has 3 aliphatic rings. The third-order valence-corrected chi connectivity index (χ3v) is 8.15. The molecule has 5 atom stereocenters. The van der Waals surface area contributed by atoms with E-state index in [1.165, 1.54) is 12.8 Å². The number of hydrogen-bond donors (Lipinski definition) is 2. The number of phenolic OH excluding ortho intramolecular Hbond substituents is 1. The molecule has 2 aliphatic heterocycles. The Hall–Kier alpha value is -2.14. The molecule has 1 aromatic heterocycles. The Morgan fingerprint density at radius 1 is 1.20 bits per heavy atom. The first kappa shape index (κ1) is 18.6. The van der Waals surface area contributed by atoms with Crippen LogP contribution in [0.4, 0.5) is 0 Å². The van der Waals surface area contributed by atoms with Gasteiger partial charge in [0.25, 0.3) is 0 Å². The third kappa shape index (κ3) is 2.44. The van der Waals surface area contributed by atoms with Gasteiger partial charge in [-0.3, -0.25) is 4.90 Å². The molecule has 4 unspecified atom stereocenters. The van der Waals surface area contributed by atoms with E-state index in [2.05, 4.69) is 11.8 Å². The number of fused-ring (bicyclic) bond motifs is 1. The number of pyridine rings is 1. The van der Waals surface area contributed by atoms with Crippen molar-refractivity contribution < 1.29 is 10.2 Å². The molecule has 30 heavy (non-hydrogen) atoms. The minimum atomic E-state index is -0.606. The van der Waals surface area contributed by atoms with E-state index in [0.29, 0.717) is 10.6 Å². The number of aliphatic hydroxyl groups excluding tert-OH is 1. The van der Waals surface area contributed by atoms with Crippen LogP contribution in [-0.4, -0.2) is 38.2 Å². The van der Waals surface area contributed by atoms with Gasteiger partial charge in [-0.05, 0) is 73.2 Å². The lowest BCUT2D eigenvalue weighted by molar-refractivity contribution is -0.0688. The number of benzene rings is 2. The van der Waals surface area contributed by atoms with Crippen molar-refractivity contribution in [1.82, 2.24) is 9.88 Å². The zero-order valence-corrected chi connectivity index (χ0v) is 17.7. The predicted molar refractivity (Wildman–Crippen MR) is 119 cm³/mol. The number of halogens is 1. The molecule has 4 nitrogen and oxygen atoms in total. The normalized spacial score (nSPS) is 30.6. The Bertz CT molecular complexity index is 1140. The number of aromatic hydroxyl groups is 1. The monoisotopic (exact) mass is 420 g/mol. The highest BCUT2D eigenvalue weighted by Crippen LogP contribution is 2.71. The topological polar surface area (TPSA) is 56.6 Å². The number of aliphatic hydroxyl groups is 1. The van der Waals surface area contributed by atoms with Gasteiger partial charge in [-0.1, -0.05) is 37.1 Å². The standard InChI is InChI=1S/C25H25ClN2O2/c1-2-19-20-9-10-28-23(13-25(19,20)28)24(30)18-12-22(14-3-5-15(26)6-4-14)27-21-8-7-16(29)11-17(18)21/h3-8,11-12,19-20,23-24,29-30H,2,9-10,13H2,1H3/t19?,20?,23?,24-,25?/m1/s1. The summed E-state index contributed by atoms with van der Waals surface area (Å²) in [6.45, 7) is 3.37. The fraction of sp³-hybridized carbons (Fsp3) is 0.400. The molecule has 2 saturated heterocycles. The van der Waals surface area contributed by atoms with Crippen LogP contribution in [0.1, 0.15) is 37.9 Å². The second-order valence-corrected chi connectivity index (χ2v) is 9.55. The van der Waals surface area contributed by atoms with E-state index in [0.717, 1.165) is 52.5 Å². The van der Waals surface area contributed by atoms with E-state index >= 15 is 0 Å². The Labute approximate surface area is 181 Å². The highest BCUT2D eigenvalue weighted by Gasteiger charge is 2.76. The van der Waals surface area contributed by atoms with E-state index in [-0.39, 0.29) is 11.8 Å². The van der Waals surface area contributed by atoms with E-state index in [9.17, 15) is 10.2 Å². The Kier molecular flexibility index (Phi) is 3.99. The minimum absolute atomic E-state index is 0.137. The van der Waals surface area contributed by atoms with Crippen LogP contribution in [0.15, 0.2) is 48.5 Å². The molecule has 5 heteroatoms. The molecule has 2 N–H and O–H groups in total. The van der Waals surface area contributed by atoms with Crippen LogP contribution in [0, 0.1) is 11.8 Å². The third-order valence-electron chi connectivity index (χ3n) is 7.90. The summed E-state index contributed by atoms with van der Waals surface area (Å²) in [5.74, 6) is 1.82. The van der Waals surface area contributed by atoms with Crippen molar-refractivity contribution in [2.24, 2.45) is 11.8 Å². The maximum atomic E-state index is 11.5. The highest BCUT2D eigenvalue weighted by atomic mass is 35.5. The van der Waals surface area contributed by atoms with Crippen molar-refractivity contribution >= 4 is 22.5 Å². The summed E-state index contributed by atoms with van der Waals surface area (Å²) < 4.78 is 0. The lowest BCUT2D eigenvalue weighted by Gasteiger charge is -2.51. The number of nitrogens with zero attached hydrogens (tertiary/aromatic N) is 2. The number of aromatic nitrogens is 1. The van der Waals surface area contributed by atoms with Gasteiger partial charge in [0.05, 0.1) is 17.3 Å². The molecule has 1 spiro atoms. The summed E-state index contributed by atoms with van der Waals surface area (Å²) in [5.41, 5.74) is 3.76. The number of piperidine rings is 1. The highest BCUT2D eigenvalue weighted by molar-refractivity contribution is 6.30. The molecule has 2 aromatic carbocycles. The summed E-state index contributed by atoms with van der Waals surface area (Å²) >= 11 is 6.06. The summed E-state index contributed by atoms with van der Waals surface area (Å²) in [5, 5.41) is 23.1. The van der Waals surface area contributed by atoms with Crippen molar-refractivity contribution in [3.63, 3.8) is 0 Å².